The van der Waals surface area contributed by atoms with Crippen LogP contribution in [0.5, 0.6) is 0 Å². The van der Waals surface area contributed by atoms with E-state index in [2.05, 4.69) is 15.1 Å². The first-order valence-electron chi connectivity index (χ1n) is 7.35. The molecule has 0 unspecified atom stereocenters. The lowest BCUT2D eigenvalue weighted by Crippen LogP contribution is -2.44. The van der Waals surface area contributed by atoms with Crippen molar-refractivity contribution in [3.8, 4) is 11.4 Å². The minimum atomic E-state index is 0.0265. The summed E-state index contributed by atoms with van der Waals surface area (Å²) in [6, 6.07) is 3.72. The van der Waals surface area contributed by atoms with Gasteiger partial charge in [-0.25, -0.2) is 4.79 Å². The molecule has 0 radical (unpaired) electrons. The van der Waals surface area contributed by atoms with Gasteiger partial charge in [-0.05, 0) is 25.0 Å². The van der Waals surface area contributed by atoms with E-state index in [9.17, 15) is 4.79 Å². The maximum atomic E-state index is 12.1. The zero-order valence-corrected chi connectivity index (χ0v) is 12.8. The van der Waals surface area contributed by atoms with E-state index < -0.39 is 0 Å². The third-order valence-electron chi connectivity index (χ3n) is 3.80. The zero-order valence-electron chi connectivity index (χ0n) is 12.8. The smallest absolute Gasteiger partial charge is 0.319 e. The lowest BCUT2D eigenvalue weighted by molar-refractivity contribution is 0.149. The van der Waals surface area contributed by atoms with E-state index >= 15 is 0 Å². The van der Waals surface area contributed by atoms with E-state index in [0.29, 0.717) is 18.3 Å². The van der Waals surface area contributed by atoms with Gasteiger partial charge in [0.25, 0.3) is 0 Å². The van der Waals surface area contributed by atoms with Crippen molar-refractivity contribution < 1.29 is 9.32 Å². The molecule has 2 amide bonds. The molecule has 7 heteroatoms. The summed E-state index contributed by atoms with van der Waals surface area (Å²) in [5, 5.41) is 4.04. The molecular weight excluding hydrogens is 282 g/mol. The van der Waals surface area contributed by atoms with Gasteiger partial charge in [0.05, 0.1) is 5.92 Å². The molecule has 1 aliphatic rings. The van der Waals surface area contributed by atoms with E-state index in [1.165, 1.54) is 0 Å². The van der Waals surface area contributed by atoms with Crippen molar-refractivity contribution in [2.75, 3.05) is 27.2 Å². The number of aromatic nitrogens is 3. The van der Waals surface area contributed by atoms with Crippen LogP contribution < -0.4 is 0 Å². The molecule has 3 rings (SSSR count). The van der Waals surface area contributed by atoms with Gasteiger partial charge in [-0.15, -0.1) is 0 Å². The number of nitrogens with zero attached hydrogens (tertiary/aromatic N) is 5. The fourth-order valence-electron chi connectivity index (χ4n) is 2.65. The van der Waals surface area contributed by atoms with Crippen molar-refractivity contribution in [1.29, 1.82) is 0 Å². The number of hydrogen-bond donors (Lipinski definition) is 0. The Balaban J connectivity index is 1.74. The lowest BCUT2D eigenvalue weighted by Gasteiger charge is -2.32. The first kappa shape index (κ1) is 14.5. The van der Waals surface area contributed by atoms with Gasteiger partial charge in [0.1, 0.15) is 0 Å². The molecule has 0 spiro atoms. The van der Waals surface area contributed by atoms with Crippen LogP contribution in [0.15, 0.2) is 29.0 Å². The van der Waals surface area contributed by atoms with Crippen molar-refractivity contribution in [1.82, 2.24) is 24.9 Å². The molecule has 0 saturated carbocycles. The van der Waals surface area contributed by atoms with Gasteiger partial charge in [0.15, 0.2) is 0 Å². The van der Waals surface area contributed by atoms with E-state index in [1.807, 2.05) is 17.0 Å². The van der Waals surface area contributed by atoms with E-state index in [-0.39, 0.29) is 11.9 Å². The van der Waals surface area contributed by atoms with Crippen LogP contribution in [-0.4, -0.2) is 58.1 Å². The topological polar surface area (TPSA) is 75.4 Å². The van der Waals surface area contributed by atoms with Crippen LogP contribution in [0.25, 0.3) is 11.4 Å². The highest BCUT2D eigenvalue weighted by atomic mass is 16.5. The first-order valence-corrected chi connectivity index (χ1v) is 7.35. The largest absolute Gasteiger partial charge is 0.339 e. The molecule has 0 bridgehead atoms. The number of amides is 2. The minimum Gasteiger partial charge on any atom is -0.339 e. The summed E-state index contributed by atoms with van der Waals surface area (Å²) in [4.78, 5) is 24.0. The molecule has 22 heavy (non-hydrogen) atoms. The Morgan fingerprint density at radius 3 is 2.86 bits per heavy atom. The summed E-state index contributed by atoms with van der Waals surface area (Å²) < 4.78 is 5.41. The Labute approximate surface area is 128 Å². The van der Waals surface area contributed by atoms with Crippen molar-refractivity contribution in [3.05, 3.63) is 30.4 Å². The molecule has 0 N–H and O–H groups in total. The maximum Gasteiger partial charge on any atom is 0.319 e. The molecule has 7 nitrogen and oxygen atoms in total. The molecule has 0 aromatic carbocycles. The molecule has 116 valence electrons. The van der Waals surface area contributed by atoms with Gasteiger partial charge < -0.3 is 14.3 Å². The quantitative estimate of drug-likeness (QED) is 0.848. The van der Waals surface area contributed by atoms with Gasteiger partial charge in [-0.2, -0.15) is 4.98 Å². The zero-order chi connectivity index (χ0) is 15.5. The molecule has 2 aromatic heterocycles. The molecule has 1 aliphatic heterocycles. The maximum absolute atomic E-state index is 12.1. The fourth-order valence-corrected chi connectivity index (χ4v) is 2.65. The summed E-state index contributed by atoms with van der Waals surface area (Å²) in [6.45, 7) is 1.40. The summed E-state index contributed by atoms with van der Waals surface area (Å²) in [7, 11) is 3.53. The second-order valence-corrected chi connectivity index (χ2v) is 5.65. The molecule has 2 aromatic rings. The van der Waals surface area contributed by atoms with Crippen LogP contribution in [0, 0.1) is 0 Å². The summed E-state index contributed by atoms with van der Waals surface area (Å²) >= 11 is 0. The number of carbonyl (C=O) groups is 1. The summed E-state index contributed by atoms with van der Waals surface area (Å²) in [6.07, 6.45) is 5.29. The molecule has 1 atom stereocenters. The number of pyridine rings is 1. The molecule has 0 aliphatic carbocycles. The van der Waals surface area contributed by atoms with E-state index in [4.69, 9.17) is 4.52 Å². The Kier molecular flexibility index (Phi) is 4.04. The van der Waals surface area contributed by atoms with Gasteiger partial charge in [0.2, 0.25) is 11.7 Å². The SMILES string of the molecule is CN(C)C(=O)N1CCC[C@@H](c2nc(-c3ccncc3)no2)C1. The number of rotatable bonds is 2. The third kappa shape index (κ3) is 2.93. The predicted molar refractivity (Wildman–Crippen MR) is 80.2 cm³/mol. The second-order valence-electron chi connectivity index (χ2n) is 5.65. The highest BCUT2D eigenvalue weighted by Gasteiger charge is 2.29. The van der Waals surface area contributed by atoms with Crippen molar-refractivity contribution >= 4 is 6.03 Å². The van der Waals surface area contributed by atoms with E-state index in [1.54, 1.807) is 31.4 Å². The number of urea groups is 1. The fraction of sp³-hybridized carbons (Fsp3) is 0.467. The first-order chi connectivity index (χ1) is 10.6. The number of carbonyl (C=O) groups excluding carboxylic acids is 1. The number of hydrogen-bond acceptors (Lipinski definition) is 5. The normalized spacial score (nSPS) is 18.3. The minimum absolute atomic E-state index is 0.0265. The van der Waals surface area contributed by atoms with Crippen molar-refractivity contribution in [2.24, 2.45) is 0 Å². The monoisotopic (exact) mass is 301 g/mol. The predicted octanol–water partition coefficient (Wildman–Crippen LogP) is 1.99. The highest BCUT2D eigenvalue weighted by Crippen LogP contribution is 2.27. The molecule has 1 saturated heterocycles. The average molecular weight is 301 g/mol. The number of piperidine rings is 1. The van der Waals surface area contributed by atoms with E-state index in [0.717, 1.165) is 24.9 Å². The van der Waals surface area contributed by atoms with Crippen LogP contribution in [0.3, 0.4) is 0 Å². The van der Waals surface area contributed by atoms with Gasteiger partial charge >= 0.3 is 6.03 Å². The Bertz CT molecular complexity index is 640. The lowest BCUT2D eigenvalue weighted by atomic mass is 9.98. The summed E-state index contributed by atoms with van der Waals surface area (Å²) in [5.74, 6) is 1.26. The van der Waals surface area contributed by atoms with Crippen molar-refractivity contribution in [3.63, 3.8) is 0 Å². The van der Waals surface area contributed by atoms with Crippen LogP contribution in [0.4, 0.5) is 4.79 Å². The summed E-state index contributed by atoms with van der Waals surface area (Å²) in [5.41, 5.74) is 0.877. The van der Waals surface area contributed by atoms with Crippen LogP contribution in [0.1, 0.15) is 24.7 Å². The molecule has 3 heterocycles. The Morgan fingerprint density at radius 1 is 1.36 bits per heavy atom. The third-order valence-corrected chi connectivity index (χ3v) is 3.80. The van der Waals surface area contributed by atoms with Crippen LogP contribution in [-0.2, 0) is 0 Å². The van der Waals surface area contributed by atoms with Crippen LogP contribution in [0.2, 0.25) is 0 Å². The standard InChI is InChI=1S/C15H19N5O2/c1-19(2)15(21)20-9-3-4-12(10-20)14-17-13(18-22-14)11-5-7-16-8-6-11/h5-8,12H,3-4,9-10H2,1-2H3/t12-/m1/s1. The van der Waals surface area contributed by atoms with Crippen LogP contribution >= 0.6 is 0 Å². The molecule has 1 fully saturated rings. The average Bonchev–Trinajstić information content (AvgIpc) is 3.05. The highest BCUT2D eigenvalue weighted by molar-refractivity contribution is 5.74. The Hall–Kier alpha value is -2.44. The Morgan fingerprint density at radius 2 is 2.14 bits per heavy atom. The van der Waals surface area contributed by atoms with Gasteiger partial charge in [-0.3, -0.25) is 4.98 Å². The van der Waals surface area contributed by atoms with Gasteiger partial charge in [0, 0.05) is 45.1 Å². The van der Waals surface area contributed by atoms with Crippen molar-refractivity contribution in [2.45, 2.75) is 18.8 Å². The number of likely N-dealkylation sites (tertiary alicyclic amines) is 1. The molecular formula is C15H19N5O2. The second kappa shape index (κ2) is 6.13. The van der Waals surface area contributed by atoms with Gasteiger partial charge in [-0.1, -0.05) is 5.16 Å².